The maximum absolute atomic E-state index is 12.3. The number of aromatic amines is 1. The van der Waals surface area contributed by atoms with E-state index in [1.165, 1.54) is 0 Å². The molecule has 0 saturated carbocycles. The van der Waals surface area contributed by atoms with Crippen molar-refractivity contribution in [2.75, 3.05) is 12.4 Å². The molecule has 7 heteroatoms. The summed E-state index contributed by atoms with van der Waals surface area (Å²) in [6.45, 7) is 1.92. The van der Waals surface area contributed by atoms with Gasteiger partial charge in [0.25, 0.3) is 5.56 Å². The molecule has 3 N–H and O–H groups in total. The van der Waals surface area contributed by atoms with Gasteiger partial charge in [-0.15, -0.1) is 0 Å². The number of rotatable bonds is 1. The number of fused-ring (bicyclic) bond motifs is 5. The van der Waals surface area contributed by atoms with Crippen LogP contribution in [0.3, 0.4) is 0 Å². The van der Waals surface area contributed by atoms with Crippen LogP contribution in [0.15, 0.2) is 29.2 Å². The first-order valence-corrected chi connectivity index (χ1v) is 7.30. The van der Waals surface area contributed by atoms with Gasteiger partial charge in [0.15, 0.2) is 0 Å². The van der Waals surface area contributed by atoms with E-state index in [2.05, 4.69) is 20.6 Å². The van der Waals surface area contributed by atoms with Gasteiger partial charge >= 0.3 is 6.03 Å². The van der Waals surface area contributed by atoms with E-state index in [-0.39, 0.29) is 11.6 Å². The monoisotopic (exact) mass is 309 g/mol. The van der Waals surface area contributed by atoms with Gasteiger partial charge in [-0.2, -0.15) is 0 Å². The molecule has 2 heterocycles. The molecule has 1 aromatic carbocycles. The lowest BCUT2D eigenvalue weighted by atomic mass is 10.1. The number of benzene rings is 1. The molecular weight excluding hydrogens is 294 g/mol. The number of aromatic nitrogens is 3. The Labute approximate surface area is 131 Å². The number of imidazole rings is 1. The number of hydrogen-bond donors (Lipinski definition) is 3. The third-order valence-corrected chi connectivity index (χ3v) is 4.20. The molecule has 2 aromatic heterocycles. The lowest BCUT2D eigenvalue weighted by molar-refractivity contribution is 0.254. The third-order valence-electron chi connectivity index (χ3n) is 4.20. The number of hydrogen-bond acceptors (Lipinski definition) is 3. The second-order valence-electron chi connectivity index (χ2n) is 5.55. The van der Waals surface area contributed by atoms with Crippen LogP contribution in [0.2, 0.25) is 0 Å². The average molecular weight is 309 g/mol. The zero-order chi connectivity index (χ0) is 16.1. The summed E-state index contributed by atoms with van der Waals surface area (Å²) in [5.41, 5.74) is 5.53. The predicted molar refractivity (Wildman–Crippen MR) is 86.9 cm³/mol. The summed E-state index contributed by atoms with van der Waals surface area (Å²) in [5.74, 6) is 0. The molecule has 0 bridgehead atoms. The van der Waals surface area contributed by atoms with Gasteiger partial charge in [-0.05, 0) is 18.6 Å². The Morgan fingerprint density at radius 3 is 3.00 bits per heavy atom. The molecule has 2 amide bonds. The molecule has 1 aliphatic rings. The highest BCUT2D eigenvalue weighted by molar-refractivity contribution is 5.92. The predicted octanol–water partition coefficient (Wildman–Crippen LogP) is 1.65. The molecule has 1 aliphatic carbocycles. The number of aryl methyl sites for hydroxylation is 1. The van der Waals surface area contributed by atoms with E-state index in [4.69, 9.17) is 0 Å². The van der Waals surface area contributed by atoms with Gasteiger partial charge < -0.3 is 15.6 Å². The quantitative estimate of drug-likeness (QED) is 0.499. The smallest absolute Gasteiger partial charge is 0.318 e. The molecule has 0 spiro atoms. The molecule has 0 saturated heterocycles. The highest BCUT2D eigenvalue weighted by Crippen LogP contribution is 2.38. The number of urea groups is 1. The van der Waals surface area contributed by atoms with Crippen LogP contribution in [0.25, 0.3) is 16.9 Å². The topological polar surface area (TPSA) is 91.3 Å². The summed E-state index contributed by atoms with van der Waals surface area (Å²) in [5, 5.41) is 5.38. The van der Waals surface area contributed by atoms with Crippen LogP contribution in [0.5, 0.6) is 0 Å². The fraction of sp³-hybridized carbons (Fsp3) is 0.188. The van der Waals surface area contributed by atoms with Crippen LogP contribution in [0.4, 0.5) is 10.5 Å². The zero-order valence-corrected chi connectivity index (χ0v) is 12.7. The first-order chi connectivity index (χ1) is 11.1. The first-order valence-electron chi connectivity index (χ1n) is 7.30. The molecule has 0 radical (unpaired) electrons. The maximum atomic E-state index is 12.3. The van der Waals surface area contributed by atoms with Crippen molar-refractivity contribution in [1.29, 1.82) is 0 Å². The van der Waals surface area contributed by atoms with Crippen molar-refractivity contribution in [3.63, 3.8) is 0 Å². The summed E-state index contributed by atoms with van der Waals surface area (Å²) >= 11 is 0. The molecule has 4 rings (SSSR count). The Morgan fingerprint density at radius 2 is 2.22 bits per heavy atom. The number of nitrogens with one attached hydrogen (secondary N) is 3. The van der Waals surface area contributed by atoms with Crippen molar-refractivity contribution in [3.8, 4) is 11.3 Å². The van der Waals surface area contributed by atoms with Crippen molar-refractivity contribution >= 4 is 17.4 Å². The number of nitrogens with zero attached hydrogens (tertiary/aromatic N) is 2. The Balaban J connectivity index is 1.95. The number of amides is 2. The van der Waals surface area contributed by atoms with Crippen LogP contribution < -0.4 is 16.2 Å². The Bertz CT molecular complexity index is 1020. The van der Waals surface area contributed by atoms with Crippen LogP contribution in [0, 0.1) is 6.92 Å². The second kappa shape index (κ2) is 4.70. The van der Waals surface area contributed by atoms with Crippen molar-refractivity contribution < 1.29 is 4.79 Å². The van der Waals surface area contributed by atoms with Gasteiger partial charge in [0.2, 0.25) is 5.65 Å². The van der Waals surface area contributed by atoms with Crippen molar-refractivity contribution in [3.05, 3.63) is 51.7 Å². The number of carbonyl (C=O) groups is 1. The Morgan fingerprint density at radius 1 is 1.39 bits per heavy atom. The lowest BCUT2D eigenvalue weighted by Gasteiger charge is -2.09. The number of carbonyl (C=O) groups excluding carboxylic acids is 1. The molecule has 7 nitrogen and oxygen atoms in total. The second-order valence-corrected chi connectivity index (χ2v) is 5.55. The van der Waals surface area contributed by atoms with E-state index in [0.29, 0.717) is 12.1 Å². The van der Waals surface area contributed by atoms with Crippen LogP contribution >= 0.6 is 0 Å². The Kier molecular flexibility index (Phi) is 2.77. The summed E-state index contributed by atoms with van der Waals surface area (Å²) in [7, 11) is 1.57. The van der Waals surface area contributed by atoms with Crippen LogP contribution in [-0.4, -0.2) is 27.4 Å². The highest BCUT2D eigenvalue weighted by atomic mass is 16.2. The summed E-state index contributed by atoms with van der Waals surface area (Å²) < 4.78 is 1.89. The third kappa shape index (κ3) is 1.86. The number of anilines is 1. The average Bonchev–Trinajstić information content (AvgIpc) is 3.10. The molecule has 0 atom stereocenters. The highest BCUT2D eigenvalue weighted by Gasteiger charge is 2.26. The molecule has 23 heavy (non-hydrogen) atoms. The van der Waals surface area contributed by atoms with E-state index in [9.17, 15) is 9.59 Å². The van der Waals surface area contributed by atoms with Crippen LogP contribution in [-0.2, 0) is 6.42 Å². The van der Waals surface area contributed by atoms with E-state index in [1.807, 2.05) is 29.5 Å². The van der Waals surface area contributed by atoms with E-state index < -0.39 is 0 Å². The van der Waals surface area contributed by atoms with Crippen LogP contribution in [0.1, 0.15) is 17.0 Å². The first kappa shape index (κ1) is 13.6. The molecule has 0 unspecified atom stereocenters. The zero-order valence-electron chi connectivity index (χ0n) is 12.7. The van der Waals surface area contributed by atoms with E-state index in [0.717, 1.165) is 33.9 Å². The standard InChI is InChI=1S/C16H15N5O2/c1-8-7-18-14-15(22)20-13-9-4-3-5-11(19-16(23)17-2)10(9)6-12(13)21(8)14/h3-5,7H,6H2,1-2H3,(H,20,22)(H2,17,19,23). The van der Waals surface area contributed by atoms with Gasteiger partial charge in [0.05, 0.1) is 11.4 Å². The molecule has 3 aromatic rings. The van der Waals surface area contributed by atoms with Gasteiger partial charge in [0.1, 0.15) is 0 Å². The van der Waals surface area contributed by atoms with Gasteiger partial charge in [-0.3, -0.25) is 9.20 Å². The molecular formula is C16H15N5O2. The van der Waals surface area contributed by atoms with Crippen molar-refractivity contribution in [2.24, 2.45) is 0 Å². The minimum absolute atomic E-state index is 0.214. The van der Waals surface area contributed by atoms with Crippen molar-refractivity contribution in [1.82, 2.24) is 19.7 Å². The van der Waals surface area contributed by atoms with Gasteiger partial charge in [0, 0.05) is 36.6 Å². The lowest BCUT2D eigenvalue weighted by Crippen LogP contribution is -2.25. The minimum atomic E-state index is -0.271. The number of H-pyrrole nitrogens is 1. The van der Waals surface area contributed by atoms with Gasteiger partial charge in [-0.1, -0.05) is 12.1 Å². The molecule has 0 fully saturated rings. The fourth-order valence-electron chi connectivity index (χ4n) is 3.16. The summed E-state index contributed by atoms with van der Waals surface area (Å²) in [6, 6.07) is 5.40. The molecule has 116 valence electrons. The molecule has 0 aliphatic heterocycles. The maximum Gasteiger partial charge on any atom is 0.318 e. The SMILES string of the molecule is CNC(=O)Nc1cccc2c1Cc1c-2[nH]c(=O)c2ncc(C)n12. The van der Waals surface area contributed by atoms with Crippen molar-refractivity contribution in [2.45, 2.75) is 13.3 Å². The Hall–Kier alpha value is -3.09. The van der Waals surface area contributed by atoms with E-state index in [1.54, 1.807) is 13.2 Å². The normalized spacial score (nSPS) is 12.1. The van der Waals surface area contributed by atoms with Gasteiger partial charge in [-0.25, -0.2) is 9.78 Å². The largest absolute Gasteiger partial charge is 0.341 e. The minimum Gasteiger partial charge on any atom is -0.341 e. The van der Waals surface area contributed by atoms with E-state index >= 15 is 0 Å². The fourth-order valence-corrected chi connectivity index (χ4v) is 3.16. The summed E-state index contributed by atoms with van der Waals surface area (Å²) in [4.78, 5) is 31.0. The summed E-state index contributed by atoms with van der Waals surface area (Å²) in [6.07, 6.45) is 2.31.